The van der Waals surface area contributed by atoms with Gasteiger partial charge in [-0.05, 0) is 54.2 Å². The number of aromatic nitrogens is 2. The van der Waals surface area contributed by atoms with Crippen LogP contribution in [0.25, 0.3) is 10.9 Å². The van der Waals surface area contributed by atoms with Crippen LogP contribution >= 0.6 is 27.5 Å². The van der Waals surface area contributed by atoms with E-state index in [1.807, 2.05) is 25.7 Å². The predicted octanol–water partition coefficient (Wildman–Crippen LogP) is 4.27. The third-order valence-electron chi connectivity index (χ3n) is 5.79. The van der Waals surface area contributed by atoms with Crippen molar-refractivity contribution in [1.29, 1.82) is 0 Å². The van der Waals surface area contributed by atoms with E-state index in [1.54, 1.807) is 6.33 Å². The SMILES string of the molecule is CC(C)(C)OC(=O)N1C[C@H]2C[C@@H]1CN2c1ncnc2c(Cl)c(Br)c3c(c12)COC3. The molecule has 1 aromatic carbocycles. The van der Waals surface area contributed by atoms with Gasteiger partial charge in [0.1, 0.15) is 17.7 Å². The second-order valence-electron chi connectivity index (χ2n) is 8.83. The molecule has 0 radical (unpaired) electrons. The molecule has 3 aliphatic rings. The molecule has 7 nitrogen and oxygen atoms in total. The molecule has 0 spiro atoms. The number of benzene rings is 1. The molecule has 9 heteroatoms. The number of amides is 1. The van der Waals surface area contributed by atoms with Gasteiger partial charge in [0.05, 0.1) is 41.2 Å². The number of carbonyl (C=O) groups excluding carboxylic acids is 1. The van der Waals surface area contributed by atoms with E-state index >= 15 is 0 Å². The smallest absolute Gasteiger partial charge is 0.410 e. The number of halogens is 2. The van der Waals surface area contributed by atoms with Crippen molar-refractivity contribution in [2.24, 2.45) is 0 Å². The molecule has 0 aliphatic carbocycles. The zero-order valence-electron chi connectivity index (χ0n) is 16.5. The van der Waals surface area contributed by atoms with Gasteiger partial charge in [0.25, 0.3) is 0 Å². The lowest BCUT2D eigenvalue weighted by molar-refractivity contribution is 0.0214. The molecular weight excluding hydrogens is 460 g/mol. The molecule has 1 amide bonds. The van der Waals surface area contributed by atoms with Gasteiger partial charge in [-0.15, -0.1) is 0 Å². The minimum Gasteiger partial charge on any atom is -0.444 e. The first-order chi connectivity index (χ1) is 13.7. The number of fused-ring (bicyclic) bond motifs is 5. The molecular formula is C20H22BrClN4O3. The lowest BCUT2D eigenvalue weighted by Crippen LogP contribution is -2.50. The van der Waals surface area contributed by atoms with Crippen LogP contribution in [-0.2, 0) is 22.7 Å². The fraction of sp³-hybridized carbons (Fsp3) is 0.550. The van der Waals surface area contributed by atoms with Crippen molar-refractivity contribution >= 4 is 50.3 Å². The maximum absolute atomic E-state index is 12.6. The number of ether oxygens (including phenoxy) is 2. The van der Waals surface area contributed by atoms with Crippen molar-refractivity contribution in [2.45, 2.75) is 58.1 Å². The Kier molecular flexibility index (Phi) is 4.46. The van der Waals surface area contributed by atoms with E-state index in [2.05, 4.69) is 30.8 Å². The van der Waals surface area contributed by atoms with E-state index in [0.29, 0.717) is 24.8 Å². The van der Waals surface area contributed by atoms with Crippen LogP contribution in [0.4, 0.5) is 10.6 Å². The van der Waals surface area contributed by atoms with E-state index < -0.39 is 5.60 Å². The number of hydrogen-bond acceptors (Lipinski definition) is 6. The van der Waals surface area contributed by atoms with E-state index in [-0.39, 0.29) is 18.2 Å². The molecule has 5 rings (SSSR count). The van der Waals surface area contributed by atoms with Crippen LogP contribution in [-0.4, -0.2) is 51.7 Å². The summed E-state index contributed by atoms with van der Waals surface area (Å²) in [7, 11) is 0. The highest BCUT2D eigenvalue weighted by Crippen LogP contribution is 2.45. The van der Waals surface area contributed by atoms with Crippen molar-refractivity contribution in [2.75, 3.05) is 18.0 Å². The molecule has 2 bridgehead atoms. The van der Waals surface area contributed by atoms with Gasteiger partial charge in [0.15, 0.2) is 0 Å². The maximum atomic E-state index is 12.6. The van der Waals surface area contributed by atoms with Gasteiger partial charge in [-0.1, -0.05) is 11.6 Å². The third-order valence-corrected chi connectivity index (χ3v) is 7.26. The lowest BCUT2D eigenvalue weighted by atomic mass is 10.0. The summed E-state index contributed by atoms with van der Waals surface area (Å²) in [6, 6.07) is 0.320. The van der Waals surface area contributed by atoms with Crippen LogP contribution in [0.3, 0.4) is 0 Å². The van der Waals surface area contributed by atoms with Crippen molar-refractivity contribution in [3.05, 3.63) is 26.9 Å². The molecule has 2 fully saturated rings. The van der Waals surface area contributed by atoms with E-state index in [0.717, 1.165) is 45.3 Å². The monoisotopic (exact) mass is 480 g/mol. The van der Waals surface area contributed by atoms with Gasteiger partial charge >= 0.3 is 6.09 Å². The molecule has 3 aliphatic heterocycles. The standard InChI is InChI=1S/C20H22BrClN4O3/c1-20(2,3)29-19(27)26-6-10-4-11(26)5-25(10)18-14-12-7-28-8-13(12)15(21)16(22)17(14)23-9-24-18/h9-11H,4-8H2,1-3H3/t10-,11-/m1/s1. The fourth-order valence-electron chi connectivity index (χ4n) is 4.59. The highest BCUT2D eigenvalue weighted by molar-refractivity contribution is 9.10. The summed E-state index contributed by atoms with van der Waals surface area (Å²) >= 11 is 10.2. The number of piperazine rings is 1. The molecule has 0 unspecified atom stereocenters. The van der Waals surface area contributed by atoms with Gasteiger partial charge in [-0.2, -0.15) is 0 Å². The Balaban J connectivity index is 1.50. The summed E-state index contributed by atoms with van der Waals surface area (Å²) in [4.78, 5) is 25.8. The Bertz CT molecular complexity index is 1030. The van der Waals surface area contributed by atoms with Crippen LogP contribution < -0.4 is 4.90 Å². The van der Waals surface area contributed by atoms with Crippen molar-refractivity contribution in [3.63, 3.8) is 0 Å². The first-order valence-electron chi connectivity index (χ1n) is 9.72. The van der Waals surface area contributed by atoms with Crippen LogP contribution in [0.5, 0.6) is 0 Å². The first kappa shape index (κ1) is 19.3. The Morgan fingerprint density at radius 2 is 2.00 bits per heavy atom. The van der Waals surface area contributed by atoms with E-state index in [9.17, 15) is 4.79 Å². The fourth-order valence-corrected chi connectivity index (χ4v) is 5.39. The Labute approximate surface area is 182 Å². The van der Waals surface area contributed by atoms with E-state index in [4.69, 9.17) is 21.1 Å². The minimum absolute atomic E-state index is 0.120. The number of anilines is 1. The normalized spacial score (nSPS) is 23.2. The number of likely N-dealkylation sites (tertiary alicyclic amines) is 1. The van der Waals surface area contributed by atoms with E-state index in [1.165, 1.54) is 0 Å². The van der Waals surface area contributed by atoms with Gasteiger partial charge in [-0.25, -0.2) is 14.8 Å². The third kappa shape index (κ3) is 3.07. The van der Waals surface area contributed by atoms with Gasteiger partial charge in [-0.3, -0.25) is 0 Å². The second kappa shape index (κ2) is 6.68. The molecule has 0 saturated carbocycles. The summed E-state index contributed by atoms with van der Waals surface area (Å²) in [5, 5.41) is 1.55. The number of rotatable bonds is 1. The summed E-state index contributed by atoms with van der Waals surface area (Å²) in [5.74, 6) is 0.877. The molecule has 2 aromatic rings. The second-order valence-corrected chi connectivity index (χ2v) is 10.00. The zero-order chi connectivity index (χ0) is 20.5. The first-order valence-corrected chi connectivity index (χ1v) is 10.9. The predicted molar refractivity (Wildman–Crippen MR) is 113 cm³/mol. The van der Waals surface area contributed by atoms with Crippen LogP contribution in [0.2, 0.25) is 5.02 Å². The average Bonchev–Trinajstić information content (AvgIpc) is 3.39. The van der Waals surface area contributed by atoms with Crippen molar-refractivity contribution in [1.82, 2.24) is 14.9 Å². The Morgan fingerprint density at radius 1 is 1.24 bits per heavy atom. The van der Waals surface area contributed by atoms with Gasteiger partial charge in [0, 0.05) is 17.6 Å². The summed E-state index contributed by atoms with van der Waals surface area (Å²) in [6.07, 6.45) is 2.24. The van der Waals surface area contributed by atoms with Crippen LogP contribution in [0.1, 0.15) is 38.3 Å². The lowest BCUT2D eigenvalue weighted by Gasteiger charge is -2.36. The molecule has 0 N–H and O–H groups in total. The largest absolute Gasteiger partial charge is 0.444 e. The van der Waals surface area contributed by atoms with Crippen LogP contribution in [0, 0.1) is 0 Å². The van der Waals surface area contributed by atoms with Crippen molar-refractivity contribution < 1.29 is 14.3 Å². The van der Waals surface area contributed by atoms with Crippen LogP contribution in [0.15, 0.2) is 10.8 Å². The maximum Gasteiger partial charge on any atom is 0.410 e. The zero-order valence-corrected chi connectivity index (χ0v) is 18.9. The van der Waals surface area contributed by atoms with Gasteiger partial charge < -0.3 is 19.3 Å². The highest BCUT2D eigenvalue weighted by Gasteiger charge is 2.47. The highest BCUT2D eigenvalue weighted by atomic mass is 79.9. The molecule has 2 atom stereocenters. The Morgan fingerprint density at radius 3 is 2.69 bits per heavy atom. The quantitative estimate of drug-likeness (QED) is 0.606. The average molecular weight is 482 g/mol. The molecule has 154 valence electrons. The Hall–Kier alpha value is -1.64. The molecule has 4 heterocycles. The molecule has 29 heavy (non-hydrogen) atoms. The summed E-state index contributed by atoms with van der Waals surface area (Å²) < 4.78 is 12.1. The number of hydrogen-bond donors (Lipinski definition) is 0. The molecule has 1 aromatic heterocycles. The topological polar surface area (TPSA) is 67.8 Å². The molecule has 2 saturated heterocycles. The number of carbonyl (C=O) groups is 1. The van der Waals surface area contributed by atoms with Gasteiger partial charge in [0.2, 0.25) is 0 Å². The minimum atomic E-state index is -0.494. The summed E-state index contributed by atoms with van der Waals surface area (Å²) in [6.45, 7) is 8.08. The number of nitrogens with zero attached hydrogens (tertiary/aromatic N) is 4. The van der Waals surface area contributed by atoms with Crippen molar-refractivity contribution in [3.8, 4) is 0 Å². The summed E-state index contributed by atoms with van der Waals surface area (Å²) in [5.41, 5.74) is 2.41.